The number of nitrogens with one attached hydrogen (secondary N) is 1. The van der Waals surface area contributed by atoms with Crippen LogP contribution in [-0.4, -0.2) is 38.9 Å². The number of rotatable bonds is 4. The zero-order valence-corrected chi connectivity index (χ0v) is 15.7. The third-order valence-electron chi connectivity index (χ3n) is 4.36. The van der Waals surface area contributed by atoms with Crippen molar-refractivity contribution in [3.63, 3.8) is 0 Å². The predicted octanol–water partition coefficient (Wildman–Crippen LogP) is 2.22. The second-order valence-electron chi connectivity index (χ2n) is 5.97. The van der Waals surface area contributed by atoms with Crippen LogP contribution in [0.1, 0.15) is 5.56 Å². The van der Waals surface area contributed by atoms with Crippen LogP contribution < -0.4 is 4.90 Å². The van der Waals surface area contributed by atoms with E-state index >= 15 is 0 Å². The molecule has 8 heteroatoms. The molecule has 1 aliphatic rings. The number of sulfonamides is 1. The molecule has 2 aromatic carbocycles. The molecule has 0 aromatic heterocycles. The van der Waals surface area contributed by atoms with Crippen molar-refractivity contribution in [3.8, 4) is 0 Å². The van der Waals surface area contributed by atoms with Crippen LogP contribution in [-0.2, 0) is 16.6 Å². The molecule has 1 saturated heterocycles. The Morgan fingerprint density at radius 3 is 2.40 bits per heavy atom. The number of hydrogen-bond donors (Lipinski definition) is 1. The average molecular weight is 404 g/mol. The number of piperazine rings is 1. The monoisotopic (exact) mass is 403 g/mol. The van der Waals surface area contributed by atoms with Gasteiger partial charge in [0.05, 0.1) is 36.2 Å². The Labute approximate surface area is 156 Å². The molecular formula is C17H18Cl2FN2O2S+. The molecule has 0 spiro atoms. The van der Waals surface area contributed by atoms with Crippen LogP contribution in [0.5, 0.6) is 0 Å². The highest BCUT2D eigenvalue weighted by Gasteiger charge is 2.32. The normalized spacial score (nSPS) is 16.9. The molecule has 2 aromatic rings. The summed E-state index contributed by atoms with van der Waals surface area (Å²) in [5, 5.41) is 0.261. The molecular weight excluding hydrogens is 386 g/mol. The molecule has 4 nitrogen and oxygen atoms in total. The summed E-state index contributed by atoms with van der Waals surface area (Å²) < 4.78 is 40.8. The van der Waals surface area contributed by atoms with Crippen molar-refractivity contribution < 1.29 is 17.7 Å². The van der Waals surface area contributed by atoms with Crippen molar-refractivity contribution in [2.24, 2.45) is 0 Å². The highest BCUT2D eigenvalue weighted by Crippen LogP contribution is 2.30. The molecule has 1 aliphatic heterocycles. The third-order valence-corrected chi connectivity index (χ3v) is 7.23. The highest BCUT2D eigenvalue weighted by atomic mass is 35.5. The van der Waals surface area contributed by atoms with E-state index in [1.54, 1.807) is 30.3 Å². The van der Waals surface area contributed by atoms with Crippen LogP contribution in [0.15, 0.2) is 47.4 Å². The zero-order chi connectivity index (χ0) is 18.0. The predicted molar refractivity (Wildman–Crippen MR) is 96.0 cm³/mol. The molecule has 0 radical (unpaired) electrons. The van der Waals surface area contributed by atoms with Gasteiger partial charge in [0.15, 0.2) is 0 Å². The lowest BCUT2D eigenvalue weighted by Gasteiger charge is -2.31. The Hall–Kier alpha value is -1.18. The Kier molecular flexibility index (Phi) is 5.65. The largest absolute Gasteiger partial charge is 0.329 e. The summed E-state index contributed by atoms with van der Waals surface area (Å²) in [6.45, 7) is 2.46. The first-order valence-electron chi connectivity index (χ1n) is 7.91. The van der Waals surface area contributed by atoms with Gasteiger partial charge in [-0.2, -0.15) is 4.31 Å². The molecule has 1 N–H and O–H groups in total. The maximum atomic E-state index is 13.8. The lowest BCUT2D eigenvalue weighted by Crippen LogP contribution is -3.13. The molecule has 134 valence electrons. The molecule has 25 heavy (non-hydrogen) atoms. The molecule has 0 saturated carbocycles. The van der Waals surface area contributed by atoms with Crippen molar-refractivity contribution in [3.05, 3.63) is 63.9 Å². The van der Waals surface area contributed by atoms with E-state index in [2.05, 4.69) is 0 Å². The molecule has 0 amide bonds. The number of quaternary nitrogens is 1. The van der Waals surface area contributed by atoms with Gasteiger partial charge in [0, 0.05) is 5.56 Å². The van der Waals surface area contributed by atoms with Crippen LogP contribution in [0.3, 0.4) is 0 Å². The van der Waals surface area contributed by atoms with Crippen LogP contribution in [0.2, 0.25) is 10.0 Å². The van der Waals surface area contributed by atoms with Gasteiger partial charge < -0.3 is 4.90 Å². The second-order valence-corrected chi connectivity index (χ2v) is 8.67. The number of halogens is 3. The summed E-state index contributed by atoms with van der Waals surface area (Å²) in [4.78, 5) is 1.17. The molecule has 1 heterocycles. The van der Waals surface area contributed by atoms with E-state index in [1.807, 2.05) is 0 Å². The first-order chi connectivity index (χ1) is 11.9. The van der Waals surface area contributed by atoms with Gasteiger partial charge in [-0.05, 0) is 18.2 Å². The molecule has 1 fully saturated rings. The minimum Gasteiger partial charge on any atom is -0.329 e. The van der Waals surface area contributed by atoms with Gasteiger partial charge in [-0.1, -0.05) is 47.5 Å². The summed E-state index contributed by atoms with van der Waals surface area (Å²) in [6, 6.07) is 11.3. The smallest absolute Gasteiger partial charge is 0.245 e. The van der Waals surface area contributed by atoms with Gasteiger partial charge in [0.25, 0.3) is 0 Å². The fourth-order valence-corrected chi connectivity index (χ4v) is 5.13. The number of benzene rings is 2. The maximum Gasteiger partial charge on any atom is 0.245 e. The fourth-order valence-electron chi connectivity index (χ4n) is 2.95. The molecule has 0 bridgehead atoms. The number of nitrogens with zero attached hydrogens (tertiary/aromatic N) is 1. The van der Waals surface area contributed by atoms with E-state index in [4.69, 9.17) is 23.2 Å². The molecule has 0 atom stereocenters. The van der Waals surface area contributed by atoms with Gasteiger partial charge in [0.2, 0.25) is 10.0 Å². The molecule has 0 unspecified atom stereocenters. The van der Waals surface area contributed by atoms with Crippen molar-refractivity contribution in [1.29, 1.82) is 0 Å². The van der Waals surface area contributed by atoms with E-state index in [1.165, 1.54) is 16.4 Å². The molecule has 3 rings (SSSR count). The van der Waals surface area contributed by atoms with Gasteiger partial charge in [-0.3, -0.25) is 0 Å². The minimum atomic E-state index is -3.69. The fraction of sp³-hybridized carbons (Fsp3) is 0.294. The first kappa shape index (κ1) is 18.6. The Balaban J connectivity index is 1.69. The lowest BCUT2D eigenvalue weighted by atomic mass is 10.2. The number of hydrogen-bond acceptors (Lipinski definition) is 2. The van der Waals surface area contributed by atoms with Crippen molar-refractivity contribution >= 4 is 33.2 Å². The van der Waals surface area contributed by atoms with Gasteiger partial charge in [-0.25, -0.2) is 12.8 Å². The van der Waals surface area contributed by atoms with E-state index in [9.17, 15) is 12.8 Å². The lowest BCUT2D eigenvalue weighted by molar-refractivity contribution is -0.917. The SMILES string of the molecule is O=S(=O)(c1cccc(Cl)c1Cl)N1CC[NH+](Cc2ccccc2F)CC1. The maximum absolute atomic E-state index is 13.8. The first-order valence-corrected chi connectivity index (χ1v) is 10.1. The average Bonchev–Trinajstić information content (AvgIpc) is 2.60. The zero-order valence-electron chi connectivity index (χ0n) is 13.4. The van der Waals surface area contributed by atoms with Crippen molar-refractivity contribution in [2.75, 3.05) is 26.2 Å². The summed E-state index contributed by atoms with van der Waals surface area (Å²) in [5.41, 5.74) is 0.645. The summed E-state index contributed by atoms with van der Waals surface area (Å²) >= 11 is 12.0. The highest BCUT2D eigenvalue weighted by molar-refractivity contribution is 7.89. The topological polar surface area (TPSA) is 41.8 Å². The van der Waals surface area contributed by atoms with Crippen molar-refractivity contribution in [1.82, 2.24) is 4.31 Å². The van der Waals surface area contributed by atoms with Gasteiger partial charge >= 0.3 is 0 Å². The second kappa shape index (κ2) is 7.60. The van der Waals surface area contributed by atoms with Crippen molar-refractivity contribution in [2.45, 2.75) is 11.4 Å². The van der Waals surface area contributed by atoms with Crippen LogP contribution >= 0.6 is 23.2 Å². The van der Waals surface area contributed by atoms with E-state index in [0.29, 0.717) is 38.3 Å². The summed E-state index contributed by atoms with van der Waals surface area (Å²) in [7, 11) is -3.69. The summed E-state index contributed by atoms with van der Waals surface area (Å²) in [5.74, 6) is -0.226. The Bertz CT molecular complexity index is 869. The minimum absolute atomic E-state index is 0.0271. The van der Waals surface area contributed by atoms with E-state index < -0.39 is 10.0 Å². The summed E-state index contributed by atoms with van der Waals surface area (Å²) in [6.07, 6.45) is 0. The van der Waals surface area contributed by atoms with Crippen LogP contribution in [0.4, 0.5) is 4.39 Å². The third kappa shape index (κ3) is 3.99. The van der Waals surface area contributed by atoms with Crippen LogP contribution in [0, 0.1) is 5.82 Å². The Morgan fingerprint density at radius 2 is 1.72 bits per heavy atom. The molecule has 0 aliphatic carbocycles. The van der Waals surface area contributed by atoms with E-state index in [0.717, 1.165) is 4.90 Å². The van der Waals surface area contributed by atoms with Crippen LogP contribution in [0.25, 0.3) is 0 Å². The quantitative estimate of drug-likeness (QED) is 0.850. The van der Waals surface area contributed by atoms with Gasteiger partial charge in [-0.15, -0.1) is 0 Å². The standard InChI is InChI=1S/C17H17Cl2FN2O2S/c18-14-5-3-7-16(17(14)19)25(23,24)22-10-8-21(9-11-22)12-13-4-1-2-6-15(13)20/h1-7H,8-12H2/p+1. The Morgan fingerprint density at radius 1 is 1.04 bits per heavy atom. The van der Waals surface area contributed by atoms with E-state index in [-0.39, 0.29) is 20.8 Å². The van der Waals surface area contributed by atoms with Gasteiger partial charge in [0.1, 0.15) is 17.3 Å².